The van der Waals surface area contributed by atoms with Gasteiger partial charge in [-0.05, 0) is 82.1 Å². The Morgan fingerprint density at radius 1 is 1.08 bits per heavy atom. The first-order chi connectivity index (χ1) is 18.5. The maximum absolute atomic E-state index is 13.8. The third kappa shape index (κ3) is 5.88. The standard InChI is InChI=1S/C28H32ClN5O4S/c1-18-17-38-15-14-34(18)25-16-24(28(2,3)39(36,37)23-12-6-20(29)7-13-23)32-26(33-25)19-4-8-21(9-5-19)30-27(35)31-22-10-11-22/h4-9,12-13,16,18,22H,10-11,14-15,17H2,1-3H3,(H2,30,31,35)/t18-/m0/s1. The first kappa shape index (κ1) is 27.4. The fraction of sp³-hybridized carbons (Fsp3) is 0.393. The molecule has 0 unspecified atom stereocenters. The Bertz CT molecular complexity index is 1460. The van der Waals surface area contributed by atoms with Crippen LogP contribution in [0.15, 0.2) is 59.5 Å². The fourth-order valence-corrected chi connectivity index (χ4v) is 6.01. The number of halogens is 1. The molecule has 1 atom stereocenters. The number of anilines is 2. The van der Waals surface area contributed by atoms with Crippen LogP contribution in [0.1, 0.15) is 39.3 Å². The summed E-state index contributed by atoms with van der Waals surface area (Å²) in [4.78, 5) is 24.0. The van der Waals surface area contributed by atoms with E-state index in [9.17, 15) is 13.2 Å². The van der Waals surface area contributed by atoms with Gasteiger partial charge in [-0.1, -0.05) is 11.6 Å². The number of ether oxygens (including phenoxy) is 1. The average Bonchev–Trinajstić information content (AvgIpc) is 3.73. The lowest BCUT2D eigenvalue weighted by atomic mass is 10.1. The predicted molar refractivity (Wildman–Crippen MR) is 152 cm³/mol. The van der Waals surface area contributed by atoms with E-state index in [1.54, 1.807) is 44.2 Å². The molecule has 3 aromatic rings. The molecule has 2 aromatic carbocycles. The number of carbonyl (C=O) groups excluding carboxylic acids is 1. The quantitative estimate of drug-likeness (QED) is 0.411. The van der Waals surface area contributed by atoms with Crippen molar-refractivity contribution in [1.82, 2.24) is 15.3 Å². The second-order valence-electron chi connectivity index (χ2n) is 10.5. The van der Waals surface area contributed by atoms with E-state index in [0.29, 0.717) is 53.4 Å². The number of amides is 2. The summed E-state index contributed by atoms with van der Waals surface area (Å²) >= 11 is 6.01. The van der Waals surface area contributed by atoms with Crippen LogP contribution in [0.2, 0.25) is 5.02 Å². The summed E-state index contributed by atoms with van der Waals surface area (Å²) in [6, 6.07) is 15.2. The van der Waals surface area contributed by atoms with Gasteiger partial charge in [-0.3, -0.25) is 0 Å². The number of hydrogen-bond donors (Lipinski definition) is 2. The fourth-order valence-electron chi connectivity index (χ4n) is 4.42. The molecule has 1 aliphatic carbocycles. The molecule has 1 saturated heterocycles. The number of benzene rings is 2. The SMILES string of the molecule is C[C@H]1COCCN1c1cc(C(C)(C)S(=O)(=O)c2ccc(Cl)cc2)nc(-c2ccc(NC(=O)NC3CC3)cc2)n1. The Balaban J connectivity index is 1.52. The summed E-state index contributed by atoms with van der Waals surface area (Å²) in [5, 5.41) is 6.19. The lowest BCUT2D eigenvalue weighted by molar-refractivity contribution is 0.0985. The second kappa shape index (κ2) is 10.7. The van der Waals surface area contributed by atoms with Crippen molar-refractivity contribution in [2.75, 3.05) is 30.0 Å². The summed E-state index contributed by atoms with van der Waals surface area (Å²) in [7, 11) is -3.84. The first-order valence-corrected chi connectivity index (χ1v) is 14.8. The van der Waals surface area contributed by atoms with Gasteiger partial charge in [0.15, 0.2) is 15.7 Å². The summed E-state index contributed by atoms with van der Waals surface area (Å²) in [5.41, 5.74) is 1.72. The zero-order chi connectivity index (χ0) is 27.8. The lowest BCUT2D eigenvalue weighted by Crippen LogP contribution is -2.44. The first-order valence-electron chi connectivity index (χ1n) is 13.0. The molecule has 2 N–H and O–H groups in total. The Hall–Kier alpha value is -3.21. The van der Waals surface area contributed by atoms with Crippen LogP contribution < -0.4 is 15.5 Å². The molecule has 1 aromatic heterocycles. The van der Waals surface area contributed by atoms with Crippen molar-refractivity contribution in [3.63, 3.8) is 0 Å². The minimum Gasteiger partial charge on any atom is -0.377 e. The molecule has 1 aliphatic heterocycles. The number of carbonyl (C=O) groups is 1. The highest BCUT2D eigenvalue weighted by Crippen LogP contribution is 2.37. The predicted octanol–water partition coefficient (Wildman–Crippen LogP) is 5.02. The van der Waals surface area contributed by atoms with E-state index in [1.165, 1.54) is 12.1 Å². The van der Waals surface area contributed by atoms with Crippen LogP contribution in [-0.2, 0) is 19.3 Å². The number of hydrogen-bond acceptors (Lipinski definition) is 7. The molecule has 39 heavy (non-hydrogen) atoms. The van der Waals surface area contributed by atoms with Crippen molar-refractivity contribution < 1.29 is 17.9 Å². The topological polar surface area (TPSA) is 114 Å². The third-order valence-corrected chi connectivity index (χ3v) is 9.80. The molecule has 9 nitrogen and oxygen atoms in total. The normalized spacial score (nSPS) is 18.1. The van der Waals surface area contributed by atoms with Gasteiger partial charge in [-0.2, -0.15) is 0 Å². The van der Waals surface area contributed by atoms with Crippen LogP contribution in [0.25, 0.3) is 11.4 Å². The van der Waals surface area contributed by atoms with Gasteiger partial charge in [0, 0.05) is 34.9 Å². The van der Waals surface area contributed by atoms with Crippen molar-refractivity contribution in [3.8, 4) is 11.4 Å². The molecule has 5 rings (SSSR count). The lowest BCUT2D eigenvalue weighted by Gasteiger charge is -2.35. The minimum atomic E-state index is -3.84. The van der Waals surface area contributed by atoms with Crippen molar-refractivity contribution in [1.29, 1.82) is 0 Å². The van der Waals surface area contributed by atoms with E-state index in [2.05, 4.69) is 15.5 Å². The average molecular weight is 570 g/mol. The number of nitrogens with zero attached hydrogens (tertiary/aromatic N) is 3. The molecule has 2 aliphatic rings. The van der Waals surface area contributed by atoms with Gasteiger partial charge >= 0.3 is 6.03 Å². The monoisotopic (exact) mass is 569 g/mol. The third-order valence-electron chi connectivity index (χ3n) is 7.10. The molecule has 2 amide bonds. The van der Waals surface area contributed by atoms with Gasteiger partial charge in [-0.15, -0.1) is 0 Å². The highest BCUT2D eigenvalue weighted by atomic mass is 35.5. The maximum atomic E-state index is 13.8. The van der Waals surface area contributed by atoms with Crippen LogP contribution in [0.4, 0.5) is 16.3 Å². The van der Waals surface area contributed by atoms with Crippen LogP contribution in [-0.4, -0.2) is 56.3 Å². The Kier molecular flexibility index (Phi) is 7.54. The number of aromatic nitrogens is 2. The molecule has 2 fully saturated rings. The van der Waals surface area contributed by atoms with Crippen LogP contribution in [0, 0.1) is 0 Å². The van der Waals surface area contributed by atoms with Gasteiger partial charge in [0.1, 0.15) is 10.6 Å². The van der Waals surface area contributed by atoms with Crippen LogP contribution in [0.3, 0.4) is 0 Å². The Morgan fingerprint density at radius 3 is 2.41 bits per heavy atom. The number of urea groups is 1. The van der Waals surface area contributed by atoms with E-state index < -0.39 is 14.6 Å². The van der Waals surface area contributed by atoms with E-state index in [1.807, 2.05) is 19.1 Å². The molecule has 206 valence electrons. The van der Waals surface area contributed by atoms with E-state index in [4.69, 9.17) is 26.3 Å². The van der Waals surface area contributed by atoms with Crippen molar-refractivity contribution in [2.45, 2.75) is 55.3 Å². The zero-order valence-electron chi connectivity index (χ0n) is 22.1. The number of rotatable bonds is 7. The smallest absolute Gasteiger partial charge is 0.319 e. The van der Waals surface area contributed by atoms with Crippen molar-refractivity contribution in [3.05, 3.63) is 65.3 Å². The molecule has 1 saturated carbocycles. The number of morpholine rings is 1. The van der Waals surface area contributed by atoms with Gasteiger partial charge in [0.05, 0.1) is 29.8 Å². The van der Waals surface area contributed by atoms with Crippen LogP contribution in [0.5, 0.6) is 0 Å². The molecule has 11 heteroatoms. The summed E-state index contributed by atoms with van der Waals surface area (Å²) < 4.78 is 31.9. The summed E-state index contributed by atoms with van der Waals surface area (Å²) in [6.07, 6.45) is 2.02. The van der Waals surface area contributed by atoms with Gasteiger partial charge in [0.2, 0.25) is 0 Å². The van der Waals surface area contributed by atoms with E-state index in [-0.39, 0.29) is 23.0 Å². The highest BCUT2D eigenvalue weighted by Gasteiger charge is 2.40. The van der Waals surface area contributed by atoms with Gasteiger partial charge in [-0.25, -0.2) is 23.2 Å². The van der Waals surface area contributed by atoms with Gasteiger partial charge in [0.25, 0.3) is 0 Å². The Labute approximate surface area is 233 Å². The molecular weight excluding hydrogens is 538 g/mol. The van der Waals surface area contributed by atoms with E-state index >= 15 is 0 Å². The van der Waals surface area contributed by atoms with Crippen molar-refractivity contribution in [2.24, 2.45) is 0 Å². The summed E-state index contributed by atoms with van der Waals surface area (Å²) in [5.74, 6) is 1.03. The largest absolute Gasteiger partial charge is 0.377 e. The van der Waals surface area contributed by atoms with Gasteiger partial charge < -0.3 is 20.3 Å². The number of nitrogens with one attached hydrogen (secondary N) is 2. The van der Waals surface area contributed by atoms with Crippen LogP contribution >= 0.6 is 11.6 Å². The highest BCUT2D eigenvalue weighted by molar-refractivity contribution is 7.92. The second-order valence-corrected chi connectivity index (χ2v) is 13.4. The van der Waals surface area contributed by atoms with Crippen molar-refractivity contribution >= 4 is 39.0 Å². The molecule has 0 bridgehead atoms. The minimum absolute atomic E-state index is 0.0573. The molecule has 0 radical (unpaired) electrons. The molecule has 2 heterocycles. The maximum Gasteiger partial charge on any atom is 0.319 e. The number of sulfone groups is 1. The Morgan fingerprint density at radius 2 is 1.77 bits per heavy atom. The molecular formula is C28H32ClN5O4S. The zero-order valence-corrected chi connectivity index (χ0v) is 23.7. The molecule has 0 spiro atoms. The summed E-state index contributed by atoms with van der Waals surface area (Å²) in [6.45, 7) is 7.07. The van der Waals surface area contributed by atoms with E-state index in [0.717, 1.165) is 12.8 Å².